The SMILES string of the molecule is Cl.NCC1(CC(=O)Nc2cc(F)c(F)cc2F)CCCCC1. The Bertz CT molecular complexity index is 534. The van der Waals surface area contributed by atoms with Crippen molar-refractivity contribution in [2.24, 2.45) is 11.1 Å². The van der Waals surface area contributed by atoms with Gasteiger partial charge in [0.1, 0.15) is 5.82 Å². The van der Waals surface area contributed by atoms with Crippen molar-refractivity contribution in [1.29, 1.82) is 0 Å². The minimum absolute atomic E-state index is 0. The molecule has 0 aromatic heterocycles. The van der Waals surface area contributed by atoms with Gasteiger partial charge in [0, 0.05) is 18.6 Å². The first-order valence-corrected chi connectivity index (χ1v) is 7.10. The van der Waals surface area contributed by atoms with Crippen LogP contribution in [0.15, 0.2) is 12.1 Å². The van der Waals surface area contributed by atoms with E-state index in [-0.39, 0.29) is 29.9 Å². The summed E-state index contributed by atoms with van der Waals surface area (Å²) in [5.74, 6) is -3.89. The molecule has 1 aliphatic rings. The highest BCUT2D eigenvalue weighted by atomic mass is 35.5. The fraction of sp³-hybridized carbons (Fsp3) is 0.533. The monoisotopic (exact) mass is 336 g/mol. The van der Waals surface area contributed by atoms with Crippen LogP contribution in [0.2, 0.25) is 0 Å². The van der Waals surface area contributed by atoms with E-state index in [4.69, 9.17) is 5.73 Å². The molecule has 1 aromatic carbocycles. The van der Waals surface area contributed by atoms with E-state index >= 15 is 0 Å². The fourth-order valence-corrected chi connectivity index (χ4v) is 2.91. The Morgan fingerprint density at radius 3 is 2.27 bits per heavy atom. The predicted molar refractivity (Wildman–Crippen MR) is 81.4 cm³/mol. The first kappa shape index (κ1) is 18.8. The summed E-state index contributed by atoms with van der Waals surface area (Å²) in [5, 5.41) is 2.31. The van der Waals surface area contributed by atoms with Gasteiger partial charge in [-0.15, -0.1) is 12.4 Å². The summed E-state index contributed by atoms with van der Waals surface area (Å²) in [6.45, 7) is 0.390. The Morgan fingerprint density at radius 2 is 1.68 bits per heavy atom. The topological polar surface area (TPSA) is 55.1 Å². The highest BCUT2D eigenvalue weighted by Gasteiger charge is 2.33. The Hall–Kier alpha value is -1.27. The van der Waals surface area contributed by atoms with E-state index in [1.165, 1.54) is 0 Å². The molecule has 0 aliphatic heterocycles. The van der Waals surface area contributed by atoms with E-state index in [9.17, 15) is 18.0 Å². The zero-order valence-corrected chi connectivity index (χ0v) is 12.9. The molecule has 124 valence electrons. The second-order valence-corrected chi connectivity index (χ2v) is 5.74. The van der Waals surface area contributed by atoms with Crippen LogP contribution in [0.1, 0.15) is 38.5 Å². The number of hydrogen-bond acceptors (Lipinski definition) is 2. The number of anilines is 1. The minimum Gasteiger partial charge on any atom is -0.330 e. The molecule has 1 fully saturated rings. The van der Waals surface area contributed by atoms with Gasteiger partial charge >= 0.3 is 0 Å². The smallest absolute Gasteiger partial charge is 0.225 e. The largest absolute Gasteiger partial charge is 0.330 e. The van der Waals surface area contributed by atoms with E-state index in [2.05, 4.69) is 5.32 Å². The summed E-state index contributed by atoms with van der Waals surface area (Å²) < 4.78 is 39.4. The first-order chi connectivity index (χ1) is 9.96. The van der Waals surface area contributed by atoms with Gasteiger partial charge in [-0.25, -0.2) is 13.2 Å². The highest BCUT2D eigenvalue weighted by molar-refractivity contribution is 5.91. The lowest BCUT2D eigenvalue weighted by Crippen LogP contribution is -2.36. The molecular weight excluding hydrogens is 317 g/mol. The fourth-order valence-electron chi connectivity index (χ4n) is 2.91. The third-order valence-electron chi connectivity index (χ3n) is 4.17. The van der Waals surface area contributed by atoms with Gasteiger partial charge in [-0.3, -0.25) is 4.79 Å². The molecule has 0 radical (unpaired) electrons. The summed E-state index contributed by atoms with van der Waals surface area (Å²) in [7, 11) is 0. The maximum absolute atomic E-state index is 13.5. The average molecular weight is 337 g/mol. The number of rotatable bonds is 4. The van der Waals surface area contributed by atoms with Gasteiger partial charge < -0.3 is 11.1 Å². The Kier molecular flexibility index (Phi) is 6.68. The molecule has 0 spiro atoms. The van der Waals surface area contributed by atoms with Gasteiger partial charge in [-0.2, -0.15) is 0 Å². The van der Waals surface area contributed by atoms with Gasteiger partial charge in [0.15, 0.2) is 11.6 Å². The van der Waals surface area contributed by atoms with Crippen LogP contribution >= 0.6 is 12.4 Å². The average Bonchev–Trinajstić information content (AvgIpc) is 2.45. The normalized spacial score (nSPS) is 16.7. The van der Waals surface area contributed by atoms with E-state index in [1.807, 2.05) is 0 Å². The first-order valence-electron chi connectivity index (χ1n) is 7.10. The van der Waals surface area contributed by atoms with Crippen LogP contribution in [0.4, 0.5) is 18.9 Å². The van der Waals surface area contributed by atoms with Crippen molar-refractivity contribution in [2.45, 2.75) is 38.5 Å². The number of amides is 1. The van der Waals surface area contributed by atoms with Crippen molar-refractivity contribution in [1.82, 2.24) is 0 Å². The van der Waals surface area contributed by atoms with Gasteiger partial charge in [-0.05, 0) is 24.8 Å². The van der Waals surface area contributed by atoms with Gasteiger partial charge in [-0.1, -0.05) is 19.3 Å². The zero-order valence-electron chi connectivity index (χ0n) is 12.1. The summed E-state index contributed by atoms with van der Waals surface area (Å²) in [5.41, 5.74) is 5.18. The number of carbonyl (C=O) groups is 1. The van der Waals surface area contributed by atoms with Crippen LogP contribution in [0.5, 0.6) is 0 Å². The third-order valence-corrected chi connectivity index (χ3v) is 4.17. The van der Waals surface area contributed by atoms with Gasteiger partial charge in [0.2, 0.25) is 5.91 Å². The van der Waals surface area contributed by atoms with Crippen LogP contribution in [0.3, 0.4) is 0 Å². The van der Waals surface area contributed by atoms with Crippen LogP contribution in [-0.2, 0) is 4.79 Å². The maximum Gasteiger partial charge on any atom is 0.225 e. The molecule has 22 heavy (non-hydrogen) atoms. The molecule has 1 aromatic rings. The molecule has 1 aliphatic carbocycles. The molecule has 3 N–H and O–H groups in total. The van der Waals surface area contributed by atoms with Crippen molar-refractivity contribution < 1.29 is 18.0 Å². The lowest BCUT2D eigenvalue weighted by Gasteiger charge is -2.35. The Labute approximate surface area is 133 Å². The van der Waals surface area contributed by atoms with Crippen molar-refractivity contribution in [3.8, 4) is 0 Å². The molecular formula is C15H20ClF3N2O. The molecule has 1 amide bonds. The van der Waals surface area contributed by atoms with Crippen LogP contribution in [-0.4, -0.2) is 12.5 Å². The second kappa shape index (κ2) is 7.83. The molecule has 0 bridgehead atoms. The maximum atomic E-state index is 13.5. The number of hydrogen-bond donors (Lipinski definition) is 2. The van der Waals surface area contributed by atoms with Crippen LogP contribution < -0.4 is 11.1 Å². The van der Waals surface area contributed by atoms with Crippen molar-refractivity contribution in [3.05, 3.63) is 29.6 Å². The van der Waals surface area contributed by atoms with E-state index < -0.39 is 23.4 Å². The van der Waals surface area contributed by atoms with E-state index in [1.54, 1.807) is 0 Å². The molecule has 3 nitrogen and oxygen atoms in total. The number of carbonyl (C=O) groups excluding carboxylic acids is 1. The second-order valence-electron chi connectivity index (χ2n) is 5.74. The summed E-state index contributed by atoms with van der Waals surface area (Å²) in [6.07, 6.45) is 5.05. The lowest BCUT2D eigenvalue weighted by atomic mass is 9.71. The minimum atomic E-state index is -1.28. The quantitative estimate of drug-likeness (QED) is 0.822. The van der Waals surface area contributed by atoms with Crippen LogP contribution in [0, 0.1) is 22.9 Å². The van der Waals surface area contributed by atoms with Crippen molar-refractivity contribution in [3.63, 3.8) is 0 Å². The van der Waals surface area contributed by atoms with Crippen molar-refractivity contribution in [2.75, 3.05) is 11.9 Å². The highest BCUT2D eigenvalue weighted by Crippen LogP contribution is 2.38. The standard InChI is InChI=1S/C15H19F3N2O.ClH/c16-10-6-12(18)13(7-11(10)17)20-14(21)8-15(9-19)4-2-1-3-5-15;/h6-7H,1-5,8-9,19H2,(H,20,21);1H. The summed E-state index contributed by atoms with van der Waals surface area (Å²) in [4.78, 5) is 12.0. The summed E-state index contributed by atoms with van der Waals surface area (Å²) in [6, 6.07) is 1.07. The molecule has 0 atom stereocenters. The molecule has 2 rings (SSSR count). The number of halogens is 4. The number of nitrogens with two attached hydrogens (primary N) is 1. The van der Waals surface area contributed by atoms with E-state index in [0.717, 1.165) is 32.1 Å². The third kappa shape index (κ3) is 4.36. The molecule has 1 saturated carbocycles. The molecule has 0 heterocycles. The molecule has 0 saturated heterocycles. The zero-order chi connectivity index (χ0) is 15.5. The Balaban J connectivity index is 0.00000242. The number of benzene rings is 1. The molecule has 7 heteroatoms. The van der Waals surface area contributed by atoms with Crippen molar-refractivity contribution >= 4 is 24.0 Å². The van der Waals surface area contributed by atoms with Gasteiger partial charge in [0.05, 0.1) is 5.69 Å². The lowest BCUT2D eigenvalue weighted by molar-refractivity contribution is -0.118. The summed E-state index contributed by atoms with van der Waals surface area (Å²) >= 11 is 0. The predicted octanol–water partition coefficient (Wildman–Crippen LogP) is 3.76. The molecule has 0 unspecified atom stereocenters. The van der Waals surface area contributed by atoms with Gasteiger partial charge in [0.25, 0.3) is 0 Å². The van der Waals surface area contributed by atoms with Crippen LogP contribution in [0.25, 0.3) is 0 Å². The van der Waals surface area contributed by atoms with E-state index in [0.29, 0.717) is 18.7 Å². The number of nitrogens with one attached hydrogen (secondary N) is 1. The Morgan fingerprint density at radius 1 is 1.09 bits per heavy atom.